The third-order valence-electron chi connectivity index (χ3n) is 6.64. The van der Waals surface area contributed by atoms with Gasteiger partial charge in [0.05, 0.1) is 0 Å². The molecule has 0 N–H and O–H groups in total. The van der Waals surface area contributed by atoms with Crippen LogP contribution in [0.25, 0.3) is 10.8 Å². The zero-order valence-corrected chi connectivity index (χ0v) is 18.6. The number of rotatable bonds is 4. The van der Waals surface area contributed by atoms with Gasteiger partial charge in [-0.05, 0) is 73.9 Å². The van der Waals surface area contributed by atoms with Crippen molar-refractivity contribution in [3.63, 3.8) is 0 Å². The molecule has 0 spiro atoms. The van der Waals surface area contributed by atoms with Gasteiger partial charge in [0.2, 0.25) is 0 Å². The molecule has 7 heteroatoms. The van der Waals surface area contributed by atoms with E-state index in [2.05, 4.69) is 18.4 Å². The minimum atomic E-state index is -1.63. The molecule has 3 aromatic rings. The Labute approximate surface area is 198 Å². The van der Waals surface area contributed by atoms with Gasteiger partial charge < -0.3 is 0 Å². The predicted molar refractivity (Wildman–Crippen MR) is 120 cm³/mol. The van der Waals surface area contributed by atoms with E-state index in [9.17, 15) is 30.7 Å². The maximum absolute atomic E-state index is 14.9. The Hall–Kier alpha value is -3.27. The lowest BCUT2D eigenvalue weighted by Gasteiger charge is -2.29. The lowest BCUT2D eigenvalue weighted by Crippen LogP contribution is -2.17. The van der Waals surface area contributed by atoms with Gasteiger partial charge in [0.15, 0.2) is 40.7 Å². The van der Waals surface area contributed by atoms with E-state index in [1.54, 1.807) is 0 Å². The van der Waals surface area contributed by atoms with Gasteiger partial charge in [-0.1, -0.05) is 24.0 Å². The van der Waals surface area contributed by atoms with Crippen LogP contribution in [-0.2, 0) is 0 Å². The second-order valence-electron chi connectivity index (χ2n) is 8.80. The summed E-state index contributed by atoms with van der Waals surface area (Å²) in [7, 11) is 0. The summed E-state index contributed by atoms with van der Waals surface area (Å²) in [6, 6.07) is 4.27. The summed E-state index contributed by atoms with van der Waals surface area (Å²) < 4.78 is 100. The Bertz CT molecular complexity index is 1330. The Kier molecular flexibility index (Phi) is 7.20. The second kappa shape index (κ2) is 10.2. The van der Waals surface area contributed by atoms with Gasteiger partial charge in [0, 0.05) is 16.5 Å². The molecule has 0 aliphatic heterocycles. The maximum atomic E-state index is 14.9. The van der Waals surface area contributed by atoms with Gasteiger partial charge in [-0.15, -0.1) is 6.58 Å². The van der Waals surface area contributed by atoms with Gasteiger partial charge in [-0.3, -0.25) is 0 Å². The molecule has 0 aromatic heterocycles. The molecule has 0 nitrogen and oxygen atoms in total. The topological polar surface area (TPSA) is 0 Å². The van der Waals surface area contributed by atoms with Crippen LogP contribution in [0, 0.1) is 58.5 Å². The first-order chi connectivity index (χ1) is 16.7. The van der Waals surface area contributed by atoms with Crippen LogP contribution >= 0.6 is 0 Å². The van der Waals surface area contributed by atoms with Crippen LogP contribution in [0.2, 0.25) is 0 Å². The van der Waals surface area contributed by atoms with E-state index < -0.39 is 57.8 Å². The zero-order valence-electron chi connectivity index (χ0n) is 18.6. The number of benzene rings is 3. The van der Waals surface area contributed by atoms with Crippen molar-refractivity contribution in [2.45, 2.75) is 44.4 Å². The Morgan fingerprint density at radius 2 is 1.43 bits per heavy atom. The van der Waals surface area contributed by atoms with Crippen molar-refractivity contribution in [3.05, 3.63) is 94.3 Å². The number of halogens is 7. The van der Waals surface area contributed by atoms with E-state index in [0.717, 1.165) is 25.0 Å². The molecule has 0 radical (unpaired) electrons. The average Bonchev–Trinajstić information content (AvgIpc) is 2.85. The van der Waals surface area contributed by atoms with E-state index in [1.165, 1.54) is 12.1 Å². The highest BCUT2D eigenvalue weighted by atomic mass is 19.2. The highest BCUT2D eigenvalue weighted by Crippen LogP contribution is 2.41. The van der Waals surface area contributed by atoms with Gasteiger partial charge in [-0.2, -0.15) is 0 Å². The highest BCUT2D eigenvalue weighted by Gasteiger charge is 2.32. The molecule has 3 aromatic carbocycles. The van der Waals surface area contributed by atoms with Crippen LogP contribution in [0.5, 0.6) is 0 Å². The number of hydrogen-bond donors (Lipinski definition) is 0. The summed E-state index contributed by atoms with van der Waals surface area (Å²) in [4.78, 5) is 0. The summed E-state index contributed by atoms with van der Waals surface area (Å²) in [5, 5.41) is -0.252. The van der Waals surface area contributed by atoms with E-state index in [-0.39, 0.29) is 16.3 Å². The van der Waals surface area contributed by atoms with Crippen LogP contribution in [0.15, 0.2) is 36.9 Å². The molecule has 1 fully saturated rings. The smallest absolute Gasteiger partial charge is 0.195 e. The molecular weight excluding hydrogens is 469 g/mol. The van der Waals surface area contributed by atoms with Crippen LogP contribution in [-0.4, -0.2) is 0 Å². The maximum Gasteiger partial charge on any atom is 0.195 e. The fraction of sp³-hybridized carbons (Fsp3) is 0.286. The molecule has 1 aliphatic carbocycles. The predicted octanol–water partition coefficient (Wildman–Crippen LogP) is 8.45. The van der Waals surface area contributed by atoms with Crippen molar-refractivity contribution >= 4 is 10.8 Å². The van der Waals surface area contributed by atoms with Gasteiger partial charge in [0.25, 0.3) is 0 Å². The molecule has 0 bridgehead atoms. The summed E-state index contributed by atoms with van der Waals surface area (Å²) in [6.07, 6.45) is 5.82. The third kappa shape index (κ3) is 4.80. The van der Waals surface area contributed by atoms with Crippen molar-refractivity contribution in [1.29, 1.82) is 0 Å². The quantitative estimate of drug-likeness (QED) is 0.113. The molecule has 1 aliphatic rings. The largest absolute Gasteiger partial charge is 0.204 e. The molecule has 182 valence electrons. The number of hydrogen-bond acceptors (Lipinski definition) is 0. The Morgan fingerprint density at radius 3 is 2.06 bits per heavy atom. The Balaban J connectivity index is 1.65. The van der Waals surface area contributed by atoms with Crippen LogP contribution in [0.1, 0.15) is 61.1 Å². The van der Waals surface area contributed by atoms with Crippen molar-refractivity contribution < 1.29 is 30.7 Å². The Morgan fingerprint density at radius 1 is 0.771 bits per heavy atom. The standard InChI is InChI=1S/C28H21F7/c1-2-3-4-15-5-9-17(10-6-15)22-27(34)24(31)20(25(32)28(22)35)12-8-16-7-11-19-18(13-16)14-21(29)26(33)23(19)30/h2,7,11,13-15,17H,1,3-6,9-10H2. The minimum absolute atomic E-state index is 0.0365. The fourth-order valence-electron chi connectivity index (χ4n) is 4.73. The average molecular weight is 490 g/mol. The van der Waals surface area contributed by atoms with Crippen molar-refractivity contribution in [1.82, 2.24) is 0 Å². The van der Waals surface area contributed by atoms with Gasteiger partial charge >= 0.3 is 0 Å². The fourth-order valence-corrected chi connectivity index (χ4v) is 4.73. The monoisotopic (exact) mass is 490 g/mol. The van der Waals surface area contributed by atoms with Gasteiger partial charge in [0.1, 0.15) is 5.56 Å². The molecule has 35 heavy (non-hydrogen) atoms. The second-order valence-corrected chi connectivity index (χ2v) is 8.80. The summed E-state index contributed by atoms with van der Waals surface area (Å²) in [5.41, 5.74) is -1.60. The summed E-state index contributed by atoms with van der Waals surface area (Å²) >= 11 is 0. The van der Waals surface area contributed by atoms with Crippen molar-refractivity contribution in [3.8, 4) is 11.8 Å². The van der Waals surface area contributed by atoms with Gasteiger partial charge in [-0.25, -0.2) is 30.7 Å². The lowest BCUT2D eigenvalue weighted by atomic mass is 9.76. The first kappa shape index (κ1) is 24.8. The first-order valence-corrected chi connectivity index (χ1v) is 11.3. The molecule has 0 atom stereocenters. The summed E-state index contributed by atoms with van der Waals surface area (Å²) in [5.74, 6) is -6.30. The first-order valence-electron chi connectivity index (χ1n) is 11.3. The van der Waals surface area contributed by atoms with Crippen molar-refractivity contribution in [2.75, 3.05) is 0 Å². The van der Waals surface area contributed by atoms with Crippen LogP contribution in [0.4, 0.5) is 30.7 Å². The lowest BCUT2D eigenvalue weighted by molar-refractivity contribution is 0.298. The normalized spacial score (nSPS) is 17.8. The van der Waals surface area contributed by atoms with E-state index >= 15 is 0 Å². The van der Waals surface area contributed by atoms with E-state index in [1.807, 2.05) is 6.08 Å². The molecular formula is C28H21F7. The van der Waals surface area contributed by atoms with Crippen molar-refractivity contribution in [2.24, 2.45) is 5.92 Å². The molecule has 0 unspecified atom stereocenters. The van der Waals surface area contributed by atoms with Crippen LogP contribution < -0.4 is 0 Å². The number of allylic oxidation sites excluding steroid dienone is 1. The van der Waals surface area contributed by atoms with E-state index in [4.69, 9.17) is 0 Å². The minimum Gasteiger partial charge on any atom is -0.204 e. The van der Waals surface area contributed by atoms with Crippen LogP contribution in [0.3, 0.4) is 0 Å². The molecule has 0 saturated heterocycles. The third-order valence-corrected chi connectivity index (χ3v) is 6.64. The molecule has 1 saturated carbocycles. The van der Waals surface area contributed by atoms with E-state index in [0.29, 0.717) is 31.6 Å². The SMILES string of the molecule is C=CCCC1CCC(c2c(F)c(F)c(C#Cc3ccc4c(F)c(F)c(F)cc4c3)c(F)c2F)CC1. The molecule has 0 amide bonds. The molecule has 0 heterocycles. The zero-order chi connectivity index (χ0) is 25.3. The highest BCUT2D eigenvalue weighted by molar-refractivity contribution is 5.84. The summed E-state index contributed by atoms with van der Waals surface area (Å²) in [6.45, 7) is 3.68. The molecule has 4 rings (SSSR count). The number of fused-ring (bicyclic) bond motifs is 1.